The van der Waals surface area contributed by atoms with Crippen molar-refractivity contribution in [2.75, 3.05) is 16.4 Å². The lowest BCUT2D eigenvalue weighted by Gasteiger charge is -2.08. The van der Waals surface area contributed by atoms with Crippen molar-refractivity contribution in [2.24, 2.45) is 0 Å². The summed E-state index contributed by atoms with van der Waals surface area (Å²) in [5.41, 5.74) is 9.41. The molecule has 0 aliphatic heterocycles. The van der Waals surface area contributed by atoms with Gasteiger partial charge in [0, 0.05) is 40.7 Å². The molecule has 5 heteroatoms. The molecule has 1 heterocycles. The number of hydrogen-bond acceptors (Lipinski definition) is 4. The minimum Gasteiger partial charge on any atom is -0.399 e. The van der Waals surface area contributed by atoms with Gasteiger partial charge in [0.25, 0.3) is 5.91 Å². The van der Waals surface area contributed by atoms with E-state index >= 15 is 0 Å². The third kappa shape index (κ3) is 3.85. The Hall–Kier alpha value is -3.34. The molecule has 0 unspecified atom stereocenters. The van der Waals surface area contributed by atoms with Crippen LogP contribution in [0.2, 0.25) is 0 Å². The monoisotopic (exact) mass is 304 g/mol. The maximum absolute atomic E-state index is 12.2. The molecule has 0 saturated heterocycles. The summed E-state index contributed by atoms with van der Waals surface area (Å²) in [7, 11) is 0. The van der Waals surface area contributed by atoms with Crippen molar-refractivity contribution < 1.29 is 4.79 Å². The molecule has 0 aliphatic carbocycles. The number of carbonyl (C=O) groups is 1. The van der Waals surface area contributed by atoms with Crippen LogP contribution in [0.25, 0.3) is 0 Å². The number of anilines is 4. The fraction of sp³-hybridized carbons (Fsp3) is 0. The Bertz CT molecular complexity index is 801. The second-order valence-electron chi connectivity index (χ2n) is 5.02. The average molecular weight is 304 g/mol. The molecule has 1 aromatic heterocycles. The zero-order chi connectivity index (χ0) is 16.1. The zero-order valence-electron chi connectivity index (χ0n) is 12.4. The van der Waals surface area contributed by atoms with E-state index in [9.17, 15) is 4.79 Å². The van der Waals surface area contributed by atoms with Crippen LogP contribution in [0.1, 0.15) is 10.4 Å². The summed E-state index contributed by atoms with van der Waals surface area (Å²) in [5.74, 6) is -0.175. The first-order valence-electron chi connectivity index (χ1n) is 7.15. The van der Waals surface area contributed by atoms with Crippen molar-refractivity contribution in [1.82, 2.24) is 4.98 Å². The van der Waals surface area contributed by atoms with Gasteiger partial charge < -0.3 is 16.4 Å². The highest BCUT2D eigenvalue weighted by atomic mass is 16.1. The number of nitrogen functional groups attached to an aromatic ring is 1. The van der Waals surface area contributed by atoms with E-state index in [4.69, 9.17) is 5.73 Å². The third-order valence-electron chi connectivity index (χ3n) is 3.26. The van der Waals surface area contributed by atoms with Crippen molar-refractivity contribution in [2.45, 2.75) is 0 Å². The van der Waals surface area contributed by atoms with Crippen LogP contribution in [0.4, 0.5) is 22.7 Å². The summed E-state index contributed by atoms with van der Waals surface area (Å²) in [6, 6.07) is 18.1. The zero-order valence-corrected chi connectivity index (χ0v) is 12.4. The number of amides is 1. The molecule has 0 bridgehead atoms. The maximum atomic E-state index is 12.2. The quantitative estimate of drug-likeness (QED) is 0.643. The normalized spacial score (nSPS) is 10.1. The lowest BCUT2D eigenvalue weighted by atomic mass is 10.2. The standard InChI is InChI=1S/C18H16N4O/c19-14-2-1-3-17(12-14)22-18(23)13-4-6-15(7-5-13)21-16-8-10-20-11-9-16/h1-12H,19H2,(H,20,21)(H,22,23). The Morgan fingerprint density at radius 1 is 0.870 bits per heavy atom. The van der Waals surface area contributed by atoms with Gasteiger partial charge in [0.2, 0.25) is 0 Å². The fourth-order valence-electron chi connectivity index (χ4n) is 2.13. The molecular weight excluding hydrogens is 288 g/mol. The summed E-state index contributed by atoms with van der Waals surface area (Å²) >= 11 is 0. The van der Waals surface area contributed by atoms with Gasteiger partial charge in [-0.05, 0) is 54.6 Å². The molecule has 0 spiro atoms. The van der Waals surface area contributed by atoms with E-state index in [2.05, 4.69) is 15.6 Å². The number of aromatic nitrogens is 1. The average Bonchev–Trinajstić information content (AvgIpc) is 2.56. The number of nitrogens with two attached hydrogens (primary N) is 1. The molecule has 114 valence electrons. The van der Waals surface area contributed by atoms with E-state index in [0.29, 0.717) is 16.9 Å². The van der Waals surface area contributed by atoms with Crippen LogP contribution < -0.4 is 16.4 Å². The van der Waals surface area contributed by atoms with Gasteiger partial charge in [-0.15, -0.1) is 0 Å². The smallest absolute Gasteiger partial charge is 0.255 e. The lowest BCUT2D eigenvalue weighted by molar-refractivity contribution is 0.102. The van der Waals surface area contributed by atoms with Crippen LogP contribution in [-0.2, 0) is 0 Å². The van der Waals surface area contributed by atoms with Crippen LogP contribution in [0.15, 0.2) is 73.1 Å². The van der Waals surface area contributed by atoms with E-state index in [1.807, 2.05) is 24.3 Å². The molecule has 0 saturated carbocycles. The number of carbonyl (C=O) groups excluding carboxylic acids is 1. The van der Waals surface area contributed by atoms with Crippen LogP contribution in [0, 0.1) is 0 Å². The molecule has 0 fully saturated rings. The number of nitrogens with zero attached hydrogens (tertiary/aromatic N) is 1. The summed E-state index contributed by atoms with van der Waals surface area (Å²) in [4.78, 5) is 16.2. The first-order chi connectivity index (χ1) is 11.2. The molecule has 0 aliphatic rings. The number of hydrogen-bond donors (Lipinski definition) is 3. The van der Waals surface area contributed by atoms with Crippen molar-refractivity contribution in [3.05, 3.63) is 78.6 Å². The van der Waals surface area contributed by atoms with Gasteiger partial charge in [0.05, 0.1) is 0 Å². The molecule has 1 amide bonds. The predicted molar refractivity (Wildman–Crippen MR) is 92.8 cm³/mol. The van der Waals surface area contributed by atoms with Gasteiger partial charge >= 0.3 is 0 Å². The molecular formula is C18H16N4O. The Morgan fingerprint density at radius 2 is 1.57 bits per heavy atom. The van der Waals surface area contributed by atoms with Gasteiger partial charge in [-0.3, -0.25) is 9.78 Å². The summed E-state index contributed by atoms with van der Waals surface area (Å²) in [6.07, 6.45) is 3.44. The maximum Gasteiger partial charge on any atom is 0.255 e. The van der Waals surface area contributed by atoms with Gasteiger partial charge in [0.15, 0.2) is 0 Å². The highest BCUT2D eigenvalue weighted by Crippen LogP contribution is 2.17. The number of rotatable bonds is 4. The van der Waals surface area contributed by atoms with Crippen molar-refractivity contribution in [1.29, 1.82) is 0 Å². The molecule has 5 nitrogen and oxygen atoms in total. The number of nitrogens with one attached hydrogen (secondary N) is 2. The Labute approximate surface area is 134 Å². The highest BCUT2D eigenvalue weighted by Gasteiger charge is 2.06. The Balaban J connectivity index is 1.68. The molecule has 4 N–H and O–H groups in total. The van der Waals surface area contributed by atoms with Gasteiger partial charge in [-0.25, -0.2) is 0 Å². The molecule has 3 aromatic rings. The minimum atomic E-state index is -0.175. The summed E-state index contributed by atoms with van der Waals surface area (Å²) in [5, 5.41) is 6.06. The molecule has 3 rings (SSSR count). The van der Waals surface area contributed by atoms with E-state index in [0.717, 1.165) is 11.4 Å². The highest BCUT2D eigenvalue weighted by molar-refractivity contribution is 6.04. The van der Waals surface area contributed by atoms with Crippen molar-refractivity contribution in [3.8, 4) is 0 Å². The Kier molecular flexibility index (Phi) is 4.20. The van der Waals surface area contributed by atoms with E-state index in [-0.39, 0.29) is 5.91 Å². The van der Waals surface area contributed by atoms with Gasteiger partial charge in [0.1, 0.15) is 0 Å². The SMILES string of the molecule is Nc1cccc(NC(=O)c2ccc(Nc3ccncc3)cc2)c1. The third-order valence-corrected chi connectivity index (χ3v) is 3.26. The predicted octanol–water partition coefficient (Wildman–Crippen LogP) is 3.66. The number of pyridine rings is 1. The second-order valence-corrected chi connectivity index (χ2v) is 5.02. The van der Waals surface area contributed by atoms with Crippen molar-refractivity contribution >= 4 is 28.7 Å². The summed E-state index contributed by atoms with van der Waals surface area (Å²) < 4.78 is 0. The molecule has 23 heavy (non-hydrogen) atoms. The van der Waals surface area contributed by atoms with Crippen LogP contribution >= 0.6 is 0 Å². The fourth-order valence-corrected chi connectivity index (χ4v) is 2.13. The van der Waals surface area contributed by atoms with E-state index in [1.54, 1.807) is 48.8 Å². The Morgan fingerprint density at radius 3 is 2.26 bits per heavy atom. The van der Waals surface area contributed by atoms with Crippen LogP contribution in [0.5, 0.6) is 0 Å². The largest absolute Gasteiger partial charge is 0.399 e. The van der Waals surface area contributed by atoms with Gasteiger partial charge in [-0.1, -0.05) is 6.07 Å². The second kappa shape index (κ2) is 6.62. The lowest BCUT2D eigenvalue weighted by Crippen LogP contribution is -2.11. The summed E-state index contributed by atoms with van der Waals surface area (Å²) in [6.45, 7) is 0. The van der Waals surface area contributed by atoms with Crippen molar-refractivity contribution in [3.63, 3.8) is 0 Å². The molecule has 2 aromatic carbocycles. The van der Waals surface area contributed by atoms with E-state index < -0.39 is 0 Å². The number of benzene rings is 2. The topological polar surface area (TPSA) is 80.0 Å². The first-order valence-corrected chi connectivity index (χ1v) is 7.15. The molecule has 0 radical (unpaired) electrons. The first kappa shape index (κ1) is 14.6. The van der Waals surface area contributed by atoms with Crippen LogP contribution in [-0.4, -0.2) is 10.9 Å². The molecule has 0 atom stereocenters. The van der Waals surface area contributed by atoms with E-state index in [1.165, 1.54) is 0 Å². The minimum absolute atomic E-state index is 0.175. The van der Waals surface area contributed by atoms with Crippen LogP contribution in [0.3, 0.4) is 0 Å². The van der Waals surface area contributed by atoms with Gasteiger partial charge in [-0.2, -0.15) is 0 Å².